The Morgan fingerprint density at radius 1 is 1.08 bits per heavy atom. The summed E-state index contributed by atoms with van der Waals surface area (Å²) < 4.78 is 8.74. The lowest BCUT2D eigenvalue weighted by Gasteiger charge is -2.28. The first-order valence-electron chi connectivity index (χ1n) is 8.82. The van der Waals surface area contributed by atoms with E-state index in [1.165, 1.54) is 0 Å². The number of hydrogen-bond acceptors (Lipinski definition) is 5. The van der Waals surface area contributed by atoms with Crippen LogP contribution in [-0.4, -0.2) is 40.4 Å². The van der Waals surface area contributed by atoms with Crippen molar-refractivity contribution in [2.75, 3.05) is 31.2 Å². The van der Waals surface area contributed by atoms with Crippen LogP contribution < -0.4 is 10.6 Å². The molecule has 0 radical (unpaired) electrons. The third-order valence-electron chi connectivity index (χ3n) is 4.56. The number of ether oxygens (including phenoxy) is 1. The van der Waals surface area contributed by atoms with E-state index in [0.29, 0.717) is 50.6 Å². The number of nitrogens with zero attached hydrogens (tertiary/aromatic N) is 4. The van der Waals surface area contributed by atoms with Crippen molar-refractivity contribution in [3.63, 3.8) is 0 Å². The SMILES string of the molecule is CCCn1c(=O)n(CCC)c2cc([N+](=O)[O-])c(N3CCOCC3)cc21. The summed E-state index contributed by atoms with van der Waals surface area (Å²) in [4.78, 5) is 26.0. The summed E-state index contributed by atoms with van der Waals surface area (Å²) in [5, 5.41) is 11.6. The molecule has 1 aromatic carbocycles. The molecule has 8 heteroatoms. The number of hydrogen-bond donors (Lipinski definition) is 0. The third kappa shape index (κ3) is 3.13. The molecule has 2 heterocycles. The van der Waals surface area contributed by atoms with Gasteiger partial charge in [0.15, 0.2) is 0 Å². The second-order valence-electron chi connectivity index (χ2n) is 6.27. The van der Waals surface area contributed by atoms with Gasteiger partial charge in [0.05, 0.1) is 29.2 Å². The Balaban J connectivity index is 2.25. The lowest BCUT2D eigenvalue weighted by atomic mass is 10.2. The summed E-state index contributed by atoms with van der Waals surface area (Å²) in [6.07, 6.45) is 1.62. The second-order valence-corrected chi connectivity index (χ2v) is 6.27. The minimum Gasteiger partial charge on any atom is -0.378 e. The molecule has 0 unspecified atom stereocenters. The van der Waals surface area contributed by atoms with Gasteiger partial charge in [-0.05, 0) is 18.9 Å². The summed E-state index contributed by atoms with van der Waals surface area (Å²) in [6.45, 7) is 7.49. The maximum absolute atomic E-state index is 12.8. The van der Waals surface area contributed by atoms with Crippen molar-refractivity contribution in [1.82, 2.24) is 9.13 Å². The Bertz CT molecular complexity index is 833. The molecule has 1 aliphatic heterocycles. The van der Waals surface area contributed by atoms with Crippen LogP contribution >= 0.6 is 0 Å². The molecule has 0 saturated carbocycles. The van der Waals surface area contributed by atoms with Gasteiger partial charge in [-0.3, -0.25) is 19.2 Å². The molecule has 0 N–H and O–H groups in total. The van der Waals surface area contributed by atoms with Crippen LogP contribution in [0.3, 0.4) is 0 Å². The van der Waals surface area contributed by atoms with Crippen LogP contribution in [0, 0.1) is 10.1 Å². The maximum atomic E-state index is 12.8. The Labute approximate surface area is 145 Å². The summed E-state index contributed by atoms with van der Waals surface area (Å²) in [5.41, 5.74) is 1.94. The second kappa shape index (κ2) is 7.26. The molecule has 1 fully saturated rings. The van der Waals surface area contributed by atoms with Crippen LogP contribution in [0.2, 0.25) is 0 Å². The molecule has 136 valence electrons. The fourth-order valence-corrected chi connectivity index (χ4v) is 3.42. The zero-order chi connectivity index (χ0) is 18.0. The van der Waals surface area contributed by atoms with Gasteiger partial charge in [-0.25, -0.2) is 4.79 Å². The van der Waals surface area contributed by atoms with Crippen molar-refractivity contribution < 1.29 is 9.66 Å². The molecular weight excluding hydrogens is 324 g/mol. The summed E-state index contributed by atoms with van der Waals surface area (Å²) in [7, 11) is 0. The lowest BCUT2D eigenvalue weighted by molar-refractivity contribution is -0.384. The number of morpholine rings is 1. The van der Waals surface area contributed by atoms with Gasteiger partial charge in [-0.1, -0.05) is 13.8 Å². The largest absolute Gasteiger partial charge is 0.378 e. The van der Waals surface area contributed by atoms with Crippen molar-refractivity contribution in [2.24, 2.45) is 0 Å². The standard InChI is InChI=1S/C17H24N4O4/c1-3-5-19-14-11-13(18-7-9-25-10-8-18)16(21(23)24)12-15(14)20(6-4-2)17(19)22/h11-12H,3-10H2,1-2H3. The summed E-state index contributed by atoms with van der Waals surface area (Å²) in [6, 6.07) is 3.37. The van der Waals surface area contributed by atoms with Crippen molar-refractivity contribution in [1.29, 1.82) is 0 Å². The van der Waals surface area contributed by atoms with Crippen LogP contribution in [0.1, 0.15) is 26.7 Å². The van der Waals surface area contributed by atoms with E-state index in [0.717, 1.165) is 18.4 Å². The van der Waals surface area contributed by atoms with Crippen LogP contribution in [0.4, 0.5) is 11.4 Å². The number of aryl methyl sites for hydroxylation is 2. The van der Waals surface area contributed by atoms with E-state index < -0.39 is 0 Å². The first-order valence-corrected chi connectivity index (χ1v) is 8.82. The predicted octanol–water partition coefficient (Wildman–Crippen LogP) is 2.37. The number of aromatic nitrogens is 2. The highest BCUT2D eigenvalue weighted by Crippen LogP contribution is 2.33. The zero-order valence-electron chi connectivity index (χ0n) is 14.7. The highest BCUT2D eigenvalue weighted by atomic mass is 16.6. The third-order valence-corrected chi connectivity index (χ3v) is 4.56. The van der Waals surface area contributed by atoms with Crippen molar-refractivity contribution in [3.05, 3.63) is 32.7 Å². The smallest absolute Gasteiger partial charge is 0.329 e. The van der Waals surface area contributed by atoms with Gasteiger partial charge in [0, 0.05) is 32.2 Å². The van der Waals surface area contributed by atoms with Crippen LogP contribution in [0.15, 0.2) is 16.9 Å². The minimum absolute atomic E-state index is 0.0490. The van der Waals surface area contributed by atoms with Gasteiger partial charge in [-0.15, -0.1) is 0 Å². The van der Waals surface area contributed by atoms with Crippen LogP contribution in [-0.2, 0) is 17.8 Å². The number of fused-ring (bicyclic) bond motifs is 1. The van der Waals surface area contributed by atoms with E-state index in [1.807, 2.05) is 24.8 Å². The lowest BCUT2D eigenvalue weighted by Crippen LogP contribution is -2.36. The topological polar surface area (TPSA) is 82.5 Å². The van der Waals surface area contributed by atoms with Gasteiger partial charge < -0.3 is 9.64 Å². The van der Waals surface area contributed by atoms with E-state index in [4.69, 9.17) is 4.74 Å². The average molecular weight is 348 g/mol. The Kier molecular flexibility index (Phi) is 5.08. The minimum atomic E-state index is -0.359. The van der Waals surface area contributed by atoms with E-state index in [1.54, 1.807) is 15.2 Å². The molecule has 1 aliphatic rings. The predicted molar refractivity (Wildman–Crippen MR) is 96.5 cm³/mol. The summed E-state index contributed by atoms with van der Waals surface area (Å²) in [5.74, 6) is 0. The average Bonchev–Trinajstić information content (AvgIpc) is 2.87. The molecule has 0 bridgehead atoms. The summed E-state index contributed by atoms with van der Waals surface area (Å²) >= 11 is 0. The molecule has 3 rings (SSSR count). The zero-order valence-corrected chi connectivity index (χ0v) is 14.7. The molecule has 8 nitrogen and oxygen atoms in total. The number of nitro groups is 1. The molecule has 0 aliphatic carbocycles. The Morgan fingerprint density at radius 3 is 2.16 bits per heavy atom. The van der Waals surface area contributed by atoms with E-state index in [-0.39, 0.29) is 16.3 Å². The molecule has 25 heavy (non-hydrogen) atoms. The maximum Gasteiger partial charge on any atom is 0.329 e. The number of benzene rings is 1. The molecular formula is C17H24N4O4. The molecule has 1 saturated heterocycles. The molecule has 0 amide bonds. The number of nitro benzene ring substituents is 1. The quantitative estimate of drug-likeness (QED) is 0.591. The number of rotatable bonds is 6. The normalized spacial score (nSPS) is 15.0. The molecule has 0 atom stereocenters. The first-order chi connectivity index (χ1) is 12.1. The van der Waals surface area contributed by atoms with E-state index >= 15 is 0 Å². The Morgan fingerprint density at radius 2 is 1.64 bits per heavy atom. The van der Waals surface area contributed by atoms with E-state index in [2.05, 4.69) is 0 Å². The van der Waals surface area contributed by atoms with Gasteiger partial charge in [0.1, 0.15) is 5.69 Å². The van der Waals surface area contributed by atoms with Crippen LogP contribution in [0.25, 0.3) is 11.0 Å². The van der Waals surface area contributed by atoms with Crippen molar-refractivity contribution >= 4 is 22.4 Å². The molecule has 0 spiro atoms. The van der Waals surface area contributed by atoms with Crippen molar-refractivity contribution in [2.45, 2.75) is 39.8 Å². The highest BCUT2D eigenvalue weighted by Gasteiger charge is 2.25. The van der Waals surface area contributed by atoms with Gasteiger partial charge >= 0.3 is 5.69 Å². The molecule has 2 aromatic rings. The number of imidazole rings is 1. The van der Waals surface area contributed by atoms with Gasteiger partial charge in [0.2, 0.25) is 0 Å². The van der Waals surface area contributed by atoms with Crippen LogP contribution in [0.5, 0.6) is 0 Å². The molecule has 1 aromatic heterocycles. The van der Waals surface area contributed by atoms with Gasteiger partial charge in [0.25, 0.3) is 5.69 Å². The fraction of sp³-hybridized carbons (Fsp3) is 0.588. The van der Waals surface area contributed by atoms with Gasteiger partial charge in [-0.2, -0.15) is 0 Å². The Hall–Kier alpha value is -2.35. The first kappa shape index (κ1) is 17.5. The monoisotopic (exact) mass is 348 g/mol. The number of anilines is 1. The van der Waals surface area contributed by atoms with Crippen molar-refractivity contribution in [3.8, 4) is 0 Å². The fourth-order valence-electron chi connectivity index (χ4n) is 3.42. The van der Waals surface area contributed by atoms with E-state index in [9.17, 15) is 14.9 Å². The highest BCUT2D eigenvalue weighted by molar-refractivity contribution is 5.86.